The Morgan fingerprint density at radius 1 is 1.60 bits per heavy atom. The summed E-state index contributed by atoms with van der Waals surface area (Å²) in [5.41, 5.74) is 7.89. The van der Waals surface area contributed by atoms with Crippen molar-refractivity contribution in [3.8, 4) is 0 Å². The van der Waals surface area contributed by atoms with E-state index < -0.39 is 0 Å². The van der Waals surface area contributed by atoms with Gasteiger partial charge in [-0.05, 0) is 30.7 Å². The molecule has 0 saturated heterocycles. The summed E-state index contributed by atoms with van der Waals surface area (Å²) in [5.74, 6) is -0.00704. The first-order valence-electron chi connectivity index (χ1n) is 4.78. The number of carbonyl (C=O) groups excluding carboxylic acids is 1. The molecule has 0 atom stereocenters. The number of nitrogens with two attached hydrogens (primary N) is 1. The lowest BCUT2D eigenvalue weighted by atomic mass is 10.1. The zero-order valence-electron chi connectivity index (χ0n) is 9.16. The van der Waals surface area contributed by atoms with Gasteiger partial charge in [0.05, 0.1) is 0 Å². The van der Waals surface area contributed by atoms with Crippen LogP contribution in [0.4, 0.5) is 5.69 Å². The zero-order valence-corrected chi connectivity index (χ0v) is 9.16. The van der Waals surface area contributed by atoms with Crippen molar-refractivity contribution in [1.29, 1.82) is 0 Å². The van der Waals surface area contributed by atoms with Crippen molar-refractivity contribution in [3.63, 3.8) is 0 Å². The van der Waals surface area contributed by atoms with Crippen molar-refractivity contribution in [2.45, 2.75) is 6.92 Å². The Bertz CT molecular complexity index is 385. The molecule has 80 valence electrons. The maximum atomic E-state index is 11.9. The minimum Gasteiger partial charge on any atom is -0.399 e. The standard InChI is InChI=1S/C12H16N2O/c1-4-7-14(3)12(15)11-6-5-10(13)8-9(11)2/h4-6,8H,1,7,13H2,2-3H3. The minimum atomic E-state index is -0.00704. The van der Waals surface area contributed by atoms with Crippen molar-refractivity contribution < 1.29 is 4.79 Å². The molecule has 1 aromatic rings. The van der Waals surface area contributed by atoms with Gasteiger partial charge in [0.15, 0.2) is 0 Å². The highest BCUT2D eigenvalue weighted by molar-refractivity contribution is 5.95. The molecule has 1 rings (SSSR count). The molecule has 0 aliphatic heterocycles. The molecule has 3 nitrogen and oxygen atoms in total. The van der Waals surface area contributed by atoms with Gasteiger partial charge in [-0.1, -0.05) is 6.08 Å². The Hall–Kier alpha value is -1.77. The van der Waals surface area contributed by atoms with Gasteiger partial charge in [0.25, 0.3) is 5.91 Å². The summed E-state index contributed by atoms with van der Waals surface area (Å²) in [6, 6.07) is 5.30. The number of benzene rings is 1. The predicted octanol–water partition coefficient (Wildman–Crippen LogP) is 1.84. The second-order valence-corrected chi connectivity index (χ2v) is 3.55. The van der Waals surface area contributed by atoms with Crippen LogP contribution in [0.3, 0.4) is 0 Å². The molecule has 1 aromatic carbocycles. The van der Waals surface area contributed by atoms with Crippen molar-refractivity contribution >= 4 is 11.6 Å². The number of rotatable bonds is 3. The molecule has 0 bridgehead atoms. The summed E-state index contributed by atoms with van der Waals surface area (Å²) in [7, 11) is 1.75. The Morgan fingerprint density at radius 2 is 2.27 bits per heavy atom. The Morgan fingerprint density at radius 3 is 2.80 bits per heavy atom. The molecular weight excluding hydrogens is 188 g/mol. The van der Waals surface area contributed by atoms with E-state index >= 15 is 0 Å². The molecule has 0 aliphatic rings. The highest BCUT2D eigenvalue weighted by Crippen LogP contribution is 2.14. The van der Waals surface area contributed by atoms with Crippen LogP contribution in [0.1, 0.15) is 15.9 Å². The highest BCUT2D eigenvalue weighted by atomic mass is 16.2. The molecule has 2 N–H and O–H groups in total. The fraction of sp³-hybridized carbons (Fsp3) is 0.250. The van der Waals surface area contributed by atoms with E-state index in [0.29, 0.717) is 17.8 Å². The van der Waals surface area contributed by atoms with Gasteiger partial charge in [-0.25, -0.2) is 0 Å². The number of hydrogen-bond donors (Lipinski definition) is 1. The van der Waals surface area contributed by atoms with E-state index in [4.69, 9.17) is 5.73 Å². The molecule has 0 fully saturated rings. The number of likely N-dealkylation sites (N-methyl/N-ethyl adjacent to an activating group) is 1. The van der Waals surface area contributed by atoms with Crippen LogP contribution < -0.4 is 5.73 Å². The van der Waals surface area contributed by atoms with Crippen LogP contribution in [-0.4, -0.2) is 24.4 Å². The van der Waals surface area contributed by atoms with Gasteiger partial charge in [-0.3, -0.25) is 4.79 Å². The maximum Gasteiger partial charge on any atom is 0.254 e. The van der Waals surface area contributed by atoms with Gasteiger partial charge in [-0.15, -0.1) is 6.58 Å². The molecule has 0 spiro atoms. The van der Waals surface area contributed by atoms with Crippen LogP contribution in [0, 0.1) is 6.92 Å². The SMILES string of the molecule is C=CCN(C)C(=O)c1ccc(N)cc1C. The lowest BCUT2D eigenvalue weighted by Gasteiger charge is -2.16. The van der Waals surface area contributed by atoms with E-state index in [1.54, 1.807) is 36.2 Å². The van der Waals surface area contributed by atoms with Gasteiger partial charge in [0, 0.05) is 24.8 Å². The smallest absolute Gasteiger partial charge is 0.254 e. The van der Waals surface area contributed by atoms with Crippen LogP contribution in [-0.2, 0) is 0 Å². The normalized spacial score (nSPS) is 9.73. The quantitative estimate of drug-likeness (QED) is 0.603. The zero-order chi connectivity index (χ0) is 11.4. The van der Waals surface area contributed by atoms with Crippen LogP contribution in [0.5, 0.6) is 0 Å². The largest absolute Gasteiger partial charge is 0.399 e. The average molecular weight is 204 g/mol. The van der Waals surface area contributed by atoms with Gasteiger partial charge in [0.2, 0.25) is 0 Å². The second-order valence-electron chi connectivity index (χ2n) is 3.55. The van der Waals surface area contributed by atoms with E-state index in [0.717, 1.165) is 5.56 Å². The average Bonchev–Trinajstić information content (AvgIpc) is 2.17. The molecule has 1 amide bonds. The number of carbonyl (C=O) groups is 1. The monoisotopic (exact) mass is 204 g/mol. The van der Waals surface area contributed by atoms with Gasteiger partial charge in [0.1, 0.15) is 0 Å². The summed E-state index contributed by atoms with van der Waals surface area (Å²) < 4.78 is 0. The van der Waals surface area contributed by atoms with Crippen LogP contribution in [0.15, 0.2) is 30.9 Å². The van der Waals surface area contributed by atoms with Crippen LogP contribution in [0.2, 0.25) is 0 Å². The fourth-order valence-electron chi connectivity index (χ4n) is 1.41. The number of aryl methyl sites for hydroxylation is 1. The van der Waals surface area contributed by atoms with Crippen molar-refractivity contribution in [2.75, 3.05) is 19.3 Å². The first-order valence-corrected chi connectivity index (χ1v) is 4.78. The Balaban J connectivity index is 2.96. The number of nitrogen functional groups attached to an aromatic ring is 1. The Labute approximate surface area is 90.2 Å². The van der Waals surface area contributed by atoms with E-state index in [2.05, 4.69) is 6.58 Å². The first-order chi connectivity index (χ1) is 7.06. The van der Waals surface area contributed by atoms with E-state index in [1.165, 1.54) is 0 Å². The fourth-order valence-corrected chi connectivity index (χ4v) is 1.41. The lowest BCUT2D eigenvalue weighted by molar-refractivity contribution is 0.0809. The molecule has 15 heavy (non-hydrogen) atoms. The molecule has 0 heterocycles. The Kier molecular flexibility index (Phi) is 3.50. The second kappa shape index (κ2) is 4.64. The van der Waals surface area contributed by atoms with Crippen molar-refractivity contribution in [3.05, 3.63) is 42.0 Å². The molecule has 0 saturated carbocycles. The number of anilines is 1. The van der Waals surface area contributed by atoms with Gasteiger partial charge in [-0.2, -0.15) is 0 Å². The summed E-state index contributed by atoms with van der Waals surface area (Å²) in [6.45, 7) is 6.02. The number of nitrogens with zero attached hydrogens (tertiary/aromatic N) is 1. The molecule has 3 heteroatoms. The molecule has 0 aromatic heterocycles. The third-order valence-corrected chi connectivity index (χ3v) is 2.23. The maximum absolute atomic E-state index is 11.9. The third kappa shape index (κ3) is 2.59. The van der Waals surface area contributed by atoms with Crippen molar-refractivity contribution in [1.82, 2.24) is 4.90 Å². The van der Waals surface area contributed by atoms with E-state index in [9.17, 15) is 4.79 Å². The topological polar surface area (TPSA) is 46.3 Å². The minimum absolute atomic E-state index is 0.00704. The third-order valence-electron chi connectivity index (χ3n) is 2.23. The van der Waals surface area contributed by atoms with Crippen LogP contribution in [0.25, 0.3) is 0 Å². The van der Waals surface area contributed by atoms with E-state index in [1.807, 2.05) is 6.92 Å². The number of hydrogen-bond acceptors (Lipinski definition) is 2. The van der Waals surface area contributed by atoms with Gasteiger partial charge < -0.3 is 10.6 Å². The molecule has 0 radical (unpaired) electrons. The molecule has 0 aliphatic carbocycles. The number of amides is 1. The summed E-state index contributed by atoms with van der Waals surface area (Å²) in [5, 5.41) is 0. The first kappa shape index (κ1) is 11.3. The van der Waals surface area contributed by atoms with Gasteiger partial charge >= 0.3 is 0 Å². The van der Waals surface area contributed by atoms with E-state index in [-0.39, 0.29) is 5.91 Å². The molecule has 0 unspecified atom stereocenters. The van der Waals surface area contributed by atoms with Crippen LogP contribution >= 0.6 is 0 Å². The summed E-state index contributed by atoms with van der Waals surface area (Å²) >= 11 is 0. The summed E-state index contributed by atoms with van der Waals surface area (Å²) in [6.07, 6.45) is 1.70. The van der Waals surface area contributed by atoms with Crippen molar-refractivity contribution in [2.24, 2.45) is 0 Å². The molecular formula is C12H16N2O. The highest BCUT2D eigenvalue weighted by Gasteiger charge is 2.12. The lowest BCUT2D eigenvalue weighted by Crippen LogP contribution is -2.27. The predicted molar refractivity (Wildman–Crippen MR) is 62.7 cm³/mol. The summed E-state index contributed by atoms with van der Waals surface area (Å²) in [4.78, 5) is 13.5.